The van der Waals surface area contributed by atoms with E-state index < -0.39 is 0 Å². The van der Waals surface area contributed by atoms with Gasteiger partial charge in [0, 0.05) is 24.3 Å². The SMILES string of the molecule is CCN(C)CCNC(=O)c1cc(N)nc(C(C)C)c1. The van der Waals surface area contributed by atoms with Crippen LogP contribution in [0.1, 0.15) is 42.7 Å². The minimum atomic E-state index is -0.0968. The van der Waals surface area contributed by atoms with Gasteiger partial charge in [-0.2, -0.15) is 0 Å². The average molecular weight is 264 g/mol. The summed E-state index contributed by atoms with van der Waals surface area (Å²) in [6, 6.07) is 3.42. The van der Waals surface area contributed by atoms with Gasteiger partial charge in [0.2, 0.25) is 0 Å². The molecule has 19 heavy (non-hydrogen) atoms. The predicted octanol–water partition coefficient (Wildman–Crippen LogP) is 1.47. The molecule has 0 bridgehead atoms. The number of hydrogen-bond donors (Lipinski definition) is 2. The smallest absolute Gasteiger partial charge is 0.251 e. The summed E-state index contributed by atoms with van der Waals surface area (Å²) >= 11 is 0. The molecule has 0 aliphatic rings. The summed E-state index contributed by atoms with van der Waals surface area (Å²) in [7, 11) is 2.02. The lowest BCUT2D eigenvalue weighted by Crippen LogP contribution is -2.33. The van der Waals surface area contributed by atoms with Crippen molar-refractivity contribution < 1.29 is 4.79 Å². The number of nitrogen functional groups attached to an aromatic ring is 1. The Balaban J connectivity index is 2.66. The summed E-state index contributed by atoms with van der Waals surface area (Å²) in [4.78, 5) is 18.4. The number of rotatable bonds is 6. The lowest BCUT2D eigenvalue weighted by atomic mass is 10.1. The Labute approximate surface area is 115 Å². The molecule has 0 aromatic carbocycles. The van der Waals surface area contributed by atoms with Crippen molar-refractivity contribution in [1.82, 2.24) is 15.2 Å². The first kappa shape index (κ1) is 15.4. The molecule has 1 heterocycles. The zero-order valence-electron chi connectivity index (χ0n) is 12.2. The largest absolute Gasteiger partial charge is 0.384 e. The Kier molecular flexibility index (Phi) is 5.76. The number of carbonyl (C=O) groups excluding carboxylic acids is 1. The van der Waals surface area contributed by atoms with Crippen LogP contribution in [0, 0.1) is 0 Å². The lowest BCUT2D eigenvalue weighted by Gasteiger charge is -2.14. The summed E-state index contributed by atoms with van der Waals surface area (Å²) in [5, 5.41) is 2.89. The summed E-state index contributed by atoms with van der Waals surface area (Å²) < 4.78 is 0. The average Bonchev–Trinajstić information content (AvgIpc) is 2.37. The number of nitrogens with two attached hydrogens (primary N) is 1. The van der Waals surface area contributed by atoms with Crippen molar-refractivity contribution in [1.29, 1.82) is 0 Å². The molecule has 1 aromatic rings. The van der Waals surface area contributed by atoms with E-state index in [2.05, 4.69) is 22.1 Å². The van der Waals surface area contributed by atoms with E-state index in [-0.39, 0.29) is 11.8 Å². The Morgan fingerprint density at radius 3 is 2.74 bits per heavy atom. The number of likely N-dealkylation sites (N-methyl/N-ethyl adjacent to an activating group) is 1. The van der Waals surface area contributed by atoms with Crippen LogP contribution >= 0.6 is 0 Å². The Morgan fingerprint density at radius 2 is 2.16 bits per heavy atom. The number of pyridine rings is 1. The number of hydrogen-bond acceptors (Lipinski definition) is 4. The monoisotopic (exact) mass is 264 g/mol. The van der Waals surface area contributed by atoms with Crippen molar-refractivity contribution in [2.75, 3.05) is 32.4 Å². The highest BCUT2D eigenvalue weighted by atomic mass is 16.1. The quantitative estimate of drug-likeness (QED) is 0.816. The van der Waals surface area contributed by atoms with Crippen molar-refractivity contribution in [3.63, 3.8) is 0 Å². The fourth-order valence-electron chi connectivity index (χ4n) is 1.62. The molecule has 0 spiro atoms. The zero-order chi connectivity index (χ0) is 14.4. The Hall–Kier alpha value is -1.62. The number of aromatic nitrogens is 1. The van der Waals surface area contributed by atoms with Gasteiger partial charge in [-0.25, -0.2) is 4.98 Å². The number of nitrogens with zero attached hydrogens (tertiary/aromatic N) is 2. The maximum absolute atomic E-state index is 12.0. The molecule has 0 saturated carbocycles. The van der Waals surface area contributed by atoms with Crippen LogP contribution in [0.4, 0.5) is 5.82 Å². The molecule has 5 heteroatoms. The molecule has 0 aliphatic carbocycles. The third kappa shape index (κ3) is 4.87. The van der Waals surface area contributed by atoms with Gasteiger partial charge in [-0.15, -0.1) is 0 Å². The van der Waals surface area contributed by atoms with E-state index in [1.165, 1.54) is 0 Å². The van der Waals surface area contributed by atoms with E-state index >= 15 is 0 Å². The predicted molar refractivity (Wildman–Crippen MR) is 78.2 cm³/mol. The second kappa shape index (κ2) is 7.09. The normalized spacial score (nSPS) is 11.1. The molecule has 1 aromatic heterocycles. The minimum absolute atomic E-state index is 0.0968. The Bertz CT molecular complexity index is 431. The van der Waals surface area contributed by atoms with Crippen molar-refractivity contribution in [2.45, 2.75) is 26.7 Å². The van der Waals surface area contributed by atoms with Crippen LogP contribution in [0.3, 0.4) is 0 Å². The van der Waals surface area contributed by atoms with Gasteiger partial charge in [-0.05, 0) is 31.6 Å². The minimum Gasteiger partial charge on any atom is -0.384 e. The maximum Gasteiger partial charge on any atom is 0.251 e. The fraction of sp³-hybridized carbons (Fsp3) is 0.571. The molecular formula is C14H24N4O. The van der Waals surface area contributed by atoms with Gasteiger partial charge in [0.05, 0.1) is 0 Å². The van der Waals surface area contributed by atoms with Gasteiger partial charge in [-0.3, -0.25) is 4.79 Å². The zero-order valence-corrected chi connectivity index (χ0v) is 12.2. The van der Waals surface area contributed by atoms with E-state index in [1.807, 2.05) is 20.9 Å². The van der Waals surface area contributed by atoms with Gasteiger partial charge < -0.3 is 16.0 Å². The molecule has 0 saturated heterocycles. The van der Waals surface area contributed by atoms with E-state index in [0.29, 0.717) is 17.9 Å². The lowest BCUT2D eigenvalue weighted by molar-refractivity contribution is 0.0950. The van der Waals surface area contributed by atoms with E-state index in [0.717, 1.165) is 18.8 Å². The first-order valence-corrected chi connectivity index (χ1v) is 6.68. The fourth-order valence-corrected chi connectivity index (χ4v) is 1.62. The van der Waals surface area contributed by atoms with Crippen molar-refractivity contribution >= 4 is 11.7 Å². The van der Waals surface area contributed by atoms with Gasteiger partial charge in [0.1, 0.15) is 5.82 Å². The molecule has 0 radical (unpaired) electrons. The third-order valence-electron chi connectivity index (χ3n) is 3.04. The van der Waals surface area contributed by atoms with Crippen LogP contribution in [0.5, 0.6) is 0 Å². The van der Waals surface area contributed by atoms with Crippen molar-refractivity contribution in [3.8, 4) is 0 Å². The number of carbonyl (C=O) groups is 1. The summed E-state index contributed by atoms with van der Waals surface area (Å²) in [5.41, 5.74) is 7.16. The molecule has 0 aliphatic heterocycles. The molecule has 3 N–H and O–H groups in total. The second-order valence-corrected chi connectivity index (χ2v) is 5.01. The molecule has 1 rings (SSSR count). The van der Waals surface area contributed by atoms with Gasteiger partial charge in [-0.1, -0.05) is 20.8 Å². The summed E-state index contributed by atoms with van der Waals surface area (Å²) in [6.07, 6.45) is 0. The molecule has 0 fully saturated rings. The first-order chi connectivity index (χ1) is 8.93. The molecule has 106 valence electrons. The Morgan fingerprint density at radius 1 is 1.47 bits per heavy atom. The van der Waals surface area contributed by atoms with Crippen LogP contribution in [0.25, 0.3) is 0 Å². The molecule has 0 unspecified atom stereocenters. The molecule has 1 amide bonds. The van der Waals surface area contributed by atoms with Crippen LogP contribution < -0.4 is 11.1 Å². The van der Waals surface area contributed by atoms with Gasteiger partial charge in [0.15, 0.2) is 0 Å². The van der Waals surface area contributed by atoms with Crippen molar-refractivity contribution in [2.24, 2.45) is 0 Å². The van der Waals surface area contributed by atoms with Crippen LogP contribution in [-0.4, -0.2) is 42.5 Å². The van der Waals surface area contributed by atoms with Crippen LogP contribution in [0.15, 0.2) is 12.1 Å². The number of amides is 1. The summed E-state index contributed by atoms with van der Waals surface area (Å²) in [6.45, 7) is 8.57. The first-order valence-electron chi connectivity index (χ1n) is 6.68. The highest BCUT2D eigenvalue weighted by molar-refractivity contribution is 5.94. The van der Waals surface area contributed by atoms with Gasteiger partial charge in [0.25, 0.3) is 5.91 Å². The van der Waals surface area contributed by atoms with E-state index in [9.17, 15) is 4.79 Å². The van der Waals surface area contributed by atoms with E-state index in [1.54, 1.807) is 12.1 Å². The number of anilines is 1. The summed E-state index contributed by atoms with van der Waals surface area (Å²) in [5.74, 6) is 0.545. The van der Waals surface area contributed by atoms with Crippen molar-refractivity contribution in [3.05, 3.63) is 23.4 Å². The van der Waals surface area contributed by atoms with Gasteiger partial charge >= 0.3 is 0 Å². The highest BCUT2D eigenvalue weighted by Crippen LogP contribution is 2.15. The van der Waals surface area contributed by atoms with Crippen LogP contribution in [-0.2, 0) is 0 Å². The topological polar surface area (TPSA) is 71.2 Å². The maximum atomic E-state index is 12.0. The number of nitrogens with one attached hydrogen (secondary N) is 1. The second-order valence-electron chi connectivity index (χ2n) is 5.01. The van der Waals surface area contributed by atoms with Crippen LogP contribution in [0.2, 0.25) is 0 Å². The molecule has 0 atom stereocenters. The molecular weight excluding hydrogens is 240 g/mol. The molecule has 5 nitrogen and oxygen atoms in total. The third-order valence-corrected chi connectivity index (χ3v) is 3.04. The highest BCUT2D eigenvalue weighted by Gasteiger charge is 2.10. The van der Waals surface area contributed by atoms with E-state index in [4.69, 9.17) is 5.73 Å². The standard InChI is InChI=1S/C14H24N4O/c1-5-18(4)7-6-16-14(19)11-8-12(10(2)3)17-13(15)9-11/h8-10H,5-7H2,1-4H3,(H2,15,17)(H,16,19).